The number of aromatic nitrogens is 1. The summed E-state index contributed by atoms with van der Waals surface area (Å²) in [5.41, 5.74) is 1.64. The Bertz CT molecular complexity index is 1120. The smallest absolute Gasteiger partial charge is 0.271 e. The fourth-order valence-electron chi connectivity index (χ4n) is 3.81. The number of hydrogen-bond acceptors (Lipinski definition) is 6. The van der Waals surface area contributed by atoms with Crippen LogP contribution in [0.2, 0.25) is 0 Å². The molecule has 1 saturated carbocycles. The second kappa shape index (κ2) is 9.85. The maximum absolute atomic E-state index is 13.5. The number of amides is 3. The minimum Gasteiger partial charge on any atom is -0.349 e. The molecule has 1 aliphatic heterocycles. The number of hydrogen-bond donors (Lipinski definition) is 2. The summed E-state index contributed by atoms with van der Waals surface area (Å²) in [6.45, 7) is -1.33. The molecule has 0 radical (unpaired) electrons. The van der Waals surface area contributed by atoms with Gasteiger partial charge in [0, 0.05) is 29.8 Å². The highest BCUT2D eigenvalue weighted by Gasteiger charge is 2.47. The lowest BCUT2D eigenvalue weighted by molar-refractivity contribution is -0.131. The number of nitrogens with zero attached hydrogens (tertiary/aromatic N) is 3. The Morgan fingerprint density at radius 1 is 1.21 bits per heavy atom. The van der Waals surface area contributed by atoms with E-state index in [0.717, 1.165) is 29.7 Å². The van der Waals surface area contributed by atoms with Gasteiger partial charge >= 0.3 is 0 Å². The second-order valence-corrected chi connectivity index (χ2v) is 9.45. The number of alkyl halides is 2. The van der Waals surface area contributed by atoms with Crippen molar-refractivity contribution >= 4 is 29.1 Å². The van der Waals surface area contributed by atoms with Gasteiger partial charge in [-0.1, -0.05) is 12.1 Å². The van der Waals surface area contributed by atoms with E-state index in [4.69, 9.17) is 5.26 Å². The number of halogens is 2. The van der Waals surface area contributed by atoms with E-state index in [1.54, 1.807) is 23.6 Å². The van der Waals surface area contributed by atoms with E-state index in [1.165, 1.54) is 11.3 Å². The van der Waals surface area contributed by atoms with Gasteiger partial charge in [-0.3, -0.25) is 14.4 Å². The van der Waals surface area contributed by atoms with Gasteiger partial charge in [0.25, 0.3) is 17.7 Å². The van der Waals surface area contributed by atoms with Crippen LogP contribution in [0.1, 0.15) is 57.1 Å². The molecule has 1 saturated heterocycles. The van der Waals surface area contributed by atoms with Gasteiger partial charge < -0.3 is 15.5 Å². The normalized spacial score (nSPS) is 19.2. The van der Waals surface area contributed by atoms with Crippen LogP contribution in [-0.2, 0) is 11.2 Å². The summed E-state index contributed by atoms with van der Waals surface area (Å²) in [5, 5.41) is 16.6. The highest BCUT2D eigenvalue weighted by atomic mass is 32.1. The minimum atomic E-state index is -3.11. The van der Waals surface area contributed by atoms with E-state index in [-0.39, 0.29) is 17.6 Å². The maximum Gasteiger partial charge on any atom is 0.271 e. The van der Waals surface area contributed by atoms with Gasteiger partial charge in [-0.2, -0.15) is 5.26 Å². The van der Waals surface area contributed by atoms with Crippen LogP contribution in [-0.4, -0.2) is 58.7 Å². The first-order valence-corrected chi connectivity index (χ1v) is 11.8. The number of likely N-dealkylation sites (tertiary alicyclic amines) is 1. The number of carbonyl (C=O) groups is 3. The zero-order chi connectivity index (χ0) is 24.3. The van der Waals surface area contributed by atoms with Crippen molar-refractivity contribution in [3.63, 3.8) is 0 Å². The molecule has 0 spiro atoms. The molecule has 2 fully saturated rings. The van der Waals surface area contributed by atoms with Crippen molar-refractivity contribution in [3.8, 4) is 6.07 Å². The minimum absolute atomic E-state index is 0.0854. The fraction of sp³-hybridized carbons (Fsp3) is 0.435. The highest BCUT2D eigenvalue weighted by Crippen LogP contribution is 2.31. The van der Waals surface area contributed by atoms with E-state index >= 15 is 0 Å². The van der Waals surface area contributed by atoms with Crippen molar-refractivity contribution in [2.75, 3.05) is 13.1 Å². The van der Waals surface area contributed by atoms with Gasteiger partial charge in [-0.05, 0) is 37.0 Å². The predicted octanol–water partition coefficient (Wildman–Crippen LogP) is 2.51. The molecule has 1 aromatic carbocycles. The third-order valence-electron chi connectivity index (χ3n) is 5.94. The Balaban J connectivity index is 1.28. The SMILES string of the molecule is N#C[C@@H]1CC(F)(F)CN1C(=O)CNC(=O)c1csc(Cc2ccc(C(=O)NC3CCC3)cc2)n1. The summed E-state index contributed by atoms with van der Waals surface area (Å²) < 4.78 is 27.0. The third-order valence-corrected chi connectivity index (χ3v) is 6.78. The molecule has 2 aliphatic rings. The van der Waals surface area contributed by atoms with Crippen molar-refractivity contribution in [2.24, 2.45) is 0 Å². The predicted molar refractivity (Wildman–Crippen MR) is 119 cm³/mol. The molecule has 34 heavy (non-hydrogen) atoms. The van der Waals surface area contributed by atoms with E-state index in [2.05, 4.69) is 15.6 Å². The zero-order valence-corrected chi connectivity index (χ0v) is 19.0. The fourth-order valence-corrected chi connectivity index (χ4v) is 4.62. The lowest BCUT2D eigenvalue weighted by Crippen LogP contribution is -2.43. The molecule has 8 nitrogen and oxygen atoms in total. The molecule has 0 bridgehead atoms. The third kappa shape index (κ3) is 5.56. The first-order valence-electron chi connectivity index (χ1n) is 10.9. The molecule has 2 heterocycles. The Morgan fingerprint density at radius 3 is 2.59 bits per heavy atom. The van der Waals surface area contributed by atoms with Crippen LogP contribution in [0.15, 0.2) is 29.6 Å². The van der Waals surface area contributed by atoms with Crippen molar-refractivity contribution in [1.29, 1.82) is 5.26 Å². The molecule has 2 N–H and O–H groups in total. The van der Waals surface area contributed by atoms with Gasteiger partial charge in [0.15, 0.2) is 0 Å². The van der Waals surface area contributed by atoms with Crippen LogP contribution in [0.25, 0.3) is 0 Å². The molecule has 1 aliphatic carbocycles. The Labute approximate surface area is 199 Å². The molecule has 0 unspecified atom stereocenters. The van der Waals surface area contributed by atoms with Crippen molar-refractivity contribution in [1.82, 2.24) is 20.5 Å². The number of thiazole rings is 1. The summed E-state index contributed by atoms with van der Waals surface area (Å²) in [7, 11) is 0. The van der Waals surface area contributed by atoms with Crippen molar-refractivity contribution in [3.05, 3.63) is 51.5 Å². The van der Waals surface area contributed by atoms with Crippen LogP contribution >= 0.6 is 11.3 Å². The number of benzene rings is 1. The lowest BCUT2D eigenvalue weighted by Gasteiger charge is -2.26. The standard InChI is InChI=1S/C23H23F2N5O3S/c24-23(25)9-17(10-26)30(13-23)20(31)11-27-22(33)18-12-34-19(29-18)8-14-4-6-15(7-5-14)21(32)28-16-2-1-3-16/h4-7,12,16-17H,1-3,8-9,11,13H2,(H,27,33)(H,28,32)/t17-/m0/s1. The number of rotatable bonds is 7. The van der Waals surface area contributed by atoms with E-state index in [9.17, 15) is 23.2 Å². The average Bonchev–Trinajstić information content (AvgIpc) is 3.38. The topological polar surface area (TPSA) is 115 Å². The Hall–Kier alpha value is -3.39. The first-order chi connectivity index (χ1) is 16.2. The van der Waals surface area contributed by atoms with Gasteiger partial charge in [0.05, 0.1) is 24.2 Å². The molecule has 2 aromatic rings. The number of nitriles is 1. The van der Waals surface area contributed by atoms with Gasteiger partial charge in [-0.25, -0.2) is 13.8 Å². The number of carbonyl (C=O) groups excluding carboxylic acids is 3. The molecule has 1 aromatic heterocycles. The largest absolute Gasteiger partial charge is 0.349 e. The van der Waals surface area contributed by atoms with Gasteiger partial charge in [0.1, 0.15) is 11.7 Å². The van der Waals surface area contributed by atoms with Crippen LogP contribution in [0.3, 0.4) is 0 Å². The highest BCUT2D eigenvalue weighted by molar-refractivity contribution is 7.09. The van der Waals surface area contributed by atoms with Gasteiger partial charge in [-0.15, -0.1) is 11.3 Å². The summed E-state index contributed by atoms with van der Waals surface area (Å²) in [5.74, 6) is -4.53. The van der Waals surface area contributed by atoms with Crippen molar-refractivity contribution in [2.45, 2.75) is 50.1 Å². The average molecular weight is 488 g/mol. The summed E-state index contributed by atoms with van der Waals surface area (Å²) in [4.78, 5) is 41.9. The first kappa shape index (κ1) is 23.8. The van der Waals surface area contributed by atoms with E-state index in [0.29, 0.717) is 17.0 Å². The molecular formula is C23H23F2N5O3S. The quantitative estimate of drug-likeness (QED) is 0.623. The molecule has 4 rings (SSSR count). The summed E-state index contributed by atoms with van der Waals surface area (Å²) >= 11 is 1.28. The Morgan fingerprint density at radius 2 is 1.94 bits per heavy atom. The van der Waals surface area contributed by atoms with Crippen LogP contribution < -0.4 is 10.6 Å². The molecular weight excluding hydrogens is 464 g/mol. The maximum atomic E-state index is 13.5. The molecule has 3 amide bonds. The van der Waals surface area contributed by atoms with Crippen molar-refractivity contribution < 1.29 is 23.2 Å². The zero-order valence-electron chi connectivity index (χ0n) is 18.2. The van der Waals surface area contributed by atoms with E-state index in [1.807, 2.05) is 12.1 Å². The summed E-state index contributed by atoms with van der Waals surface area (Å²) in [6.07, 6.45) is 2.95. The molecule has 11 heteroatoms. The van der Waals surface area contributed by atoms with Crippen LogP contribution in [0, 0.1) is 11.3 Å². The van der Waals surface area contributed by atoms with Crippen LogP contribution in [0.4, 0.5) is 8.78 Å². The monoisotopic (exact) mass is 487 g/mol. The summed E-state index contributed by atoms with van der Waals surface area (Å²) in [6, 6.07) is 7.95. The molecule has 178 valence electrons. The second-order valence-electron chi connectivity index (χ2n) is 8.51. The molecule has 1 atom stereocenters. The number of nitrogens with one attached hydrogen (secondary N) is 2. The van der Waals surface area contributed by atoms with Gasteiger partial charge in [0.2, 0.25) is 5.91 Å². The van der Waals surface area contributed by atoms with Crippen LogP contribution in [0.5, 0.6) is 0 Å². The Kier molecular flexibility index (Phi) is 6.88. The lowest BCUT2D eigenvalue weighted by atomic mass is 9.93. The van der Waals surface area contributed by atoms with E-state index < -0.39 is 43.3 Å².